The highest BCUT2D eigenvalue weighted by molar-refractivity contribution is 5.78. The number of carbonyl (C=O) groups excluding carboxylic acids is 1. The first-order valence-electron chi connectivity index (χ1n) is 6.62. The normalized spacial score (nSPS) is 12.6. The monoisotopic (exact) mass is 242 g/mol. The minimum Gasteiger partial charge on any atom is -0.355 e. The van der Waals surface area contributed by atoms with Crippen LogP contribution >= 0.6 is 0 Å². The second kappa shape index (κ2) is 7.00. The molecule has 3 heteroatoms. The third-order valence-corrected chi connectivity index (χ3v) is 2.46. The summed E-state index contributed by atoms with van der Waals surface area (Å²) in [7, 11) is 0. The molecule has 0 aromatic carbocycles. The second-order valence-electron chi connectivity index (χ2n) is 6.76. The molecule has 0 bridgehead atoms. The first-order chi connectivity index (χ1) is 7.61. The van der Waals surface area contributed by atoms with E-state index in [0.717, 1.165) is 13.1 Å². The van der Waals surface area contributed by atoms with Gasteiger partial charge in [0.2, 0.25) is 5.91 Å². The van der Waals surface area contributed by atoms with Gasteiger partial charge in [-0.3, -0.25) is 9.69 Å². The van der Waals surface area contributed by atoms with E-state index in [9.17, 15) is 4.79 Å². The van der Waals surface area contributed by atoms with E-state index in [1.165, 1.54) is 0 Å². The third kappa shape index (κ3) is 9.16. The molecule has 0 aliphatic carbocycles. The lowest BCUT2D eigenvalue weighted by molar-refractivity contribution is -0.123. The van der Waals surface area contributed by atoms with Crippen molar-refractivity contribution in [2.24, 2.45) is 11.3 Å². The predicted octanol–water partition coefficient (Wildman–Crippen LogP) is 2.52. The molecular formula is C14H30N2O. The van der Waals surface area contributed by atoms with Crippen LogP contribution in [-0.2, 0) is 4.79 Å². The molecule has 102 valence electrons. The molecule has 0 radical (unpaired) electrons. The Morgan fingerprint density at radius 2 is 1.71 bits per heavy atom. The first-order valence-corrected chi connectivity index (χ1v) is 6.62. The average Bonchev–Trinajstić information content (AvgIpc) is 2.11. The van der Waals surface area contributed by atoms with Crippen LogP contribution in [0, 0.1) is 11.3 Å². The van der Waals surface area contributed by atoms with Crippen LogP contribution in [-0.4, -0.2) is 36.5 Å². The van der Waals surface area contributed by atoms with Crippen molar-refractivity contribution in [2.45, 2.75) is 54.5 Å². The van der Waals surface area contributed by atoms with Gasteiger partial charge in [-0.25, -0.2) is 0 Å². The number of rotatable bonds is 6. The van der Waals surface area contributed by atoms with E-state index < -0.39 is 0 Å². The summed E-state index contributed by atoms with van der Waals surface area (Å²) in [6, 6.07) is 0.402. The summed E-state index contributed by atoms with van der Waals surface area (Å²) in [5.41, 5.74) is 0.225. The van der Waals surface area contributed by atoms with E-state index in [2.05, 4.69) is 58.7 Å². The minimum absolute atomic E-state index is 0.136. The summed E-state index contributed by atoms with van der Waals surface area (Å²) < 4.78 is 0. The number of hydrogen-bond donors (Lipinski definition) is 1. The highest BCUT2D eigenvalue weighted by atomic mass is 16.2. The fourth-order valence-electron chi connectivity index (χ4n) is 1.59. The quantitative estimate of drug-likeness (QED) is 0.776. The molecule has 0 unspecified atom stereocenters. The molecule has 0 saturated heterocycles. The van der Waals surface area contributed by atoms with Crippen LogP contribution in [0.2, 0.25) is 0 Å². The smallest absolute Gasteiger partial charge is 0.234 e. The van der Waals surface area contributed by atoms with E-state index in [1.54, 1.807) is 0 Å². The molecule has 0 spiro atoms. The van der Waals surface area contributed by atoms with Crippen LogP contribution in [0.5, 0.6) is 0 Å². The van der Waals surface area contributed by atoms with Crippen LogP contribution in [0.15, 0.2) is 0 Å². The Morgan fingerprint density at radius 3 is 2.06 bits per heavy atom. The average molecular weight is 242 g/mol. The zero-order valence-corrected chi connectivity index (χ0v) is 12.6. The maximum atomic E-state index is 11.8. The van der Waals surface area contributed by atoms with Crippen LogP contribution < -0.4 is 5.32 Å². The van der Waals surface area contributed by atoms with Crippen LogP contribution in [0.3, 0.4) is 0 Å². The van der Waals surface area contributed by atoms with Crippen LogP contribution in [0.25, 0.3) is 0 Å². The fourth-order valence-corrected chi connectivity index (χ4v) is 1.59. The van der Waals surface area contributed by atoms with Gasteiger partial charge in [-0.2, -0.15) is 0 Å². The molecule has 0 fully saturated rings. The lowest BCUT2D eigenvalue weighted by atomic mass is 9.95. The Morgan fingerprint density at radius 1 is 1.18 bits per heavy atom. The Labute approximate surface area is 107 Å². The van der Waals surface area contributed by atoms with Crippen molar-refractivity contribution < 1.29 is 4.79 Å². The Hall–Kier alpha value is -0.570. The summed E-state index contributed by atoms with van der Waals surface area (Å²) in [5, 5.41) is 2.97. The highest BCUT2D eigenvalue weighted by Gasteiger charge is 2.20. The molecular weight excluding hydrogens is 212 g/mol. The lowest BCUT2D eigenvalue weighted by Gasteiger charge is -2.32. The lowest BCUT2D eigenvalue weighted by Crippen LogP contribution is -2.45. The number of hydrogen-bond acceptors (Lipinski definition) is 2. The van der Waals surface area contributed by atoms with E-state index in [0.29, 0.717) is 18.5 Å². The number of amides is 1. The van der Waals surface area contributed by atoms with Gasteiger partial charge in [-0.1, -0.05) is 34.6 Å². The van der Waals surface area contributed by atoms with Gasteiger partial charge >= 0.3 is 0 Å². The Kier molecular flexibility index (Phi) is 6.76. The summed E-state index contributed by atoms with van der Waals surface area (Å²) >= 11 is 0. The summed E-state index contributed by atoms with van der Waals surface area (Å²) in [5.74, 6) is 0.644. The fraction of sp³-hybridized carbons (Fsp3) is 0.929. The van der Waals surface area contributed by atoms with Gasteiger partial charge in [0.25, 0.3) is 0 Å². The maximum absolute atomic E-state index is 11.8. The Bertz CT molecular complexity index is 229. The van der Waals surface area contributed by atoms with Gasteiger partial charge in [0, 0.05) is 19.1 Å². The van der Waals surface area contributed by atoms with Crippen molar-refractivity contribution >= 4 is 5.91 Å². The molecule has 1 N–H and O–H groups in total. The summed E-state index contributed by atoms with van der Waals surface area (Å²) in [6.07, 6.45) is 0. The van der Waals surface area contributed by atoms with Crippen molar-refractivity contribution in [2.75, 3.05) is 19.6 Å². The summed E-state index contributed by atoms with van der Waals surface area (Å²) in [4.78, 5) is 14.0. The van der Waals surface area contributed by atoms with Crippen LogP contribution in [0.1, 0.15) is 48.5 Å². The largest absolute Gasteiger partial charge is 0.355 e. The van der Waals surface area contributed by atoms with Crippen molar-refractivity contribution in [1.29, 1.82) is 0 Å². The molecule has 0 rings (SSSR count). The van der Waals surface area contributed by atoms with Crippen LogP contribution in [0.4, 0.5) is 0 Å². The first kappa shape index (κ1) is 16.4. The molecule has 0 aliphatic heterocycles. The second-order valence-corrected chi connectivity index (χ2v) is 6.76. The minimum atomic E-state index is 0.136. The molecule has 0 aromatic rings. The van der Waals surface area contributed by atoms with E-state index in [4.69, 9.17) is 0 Å². The van der Waals surface area contributed by atoms with Gasteiger partial charge in [0.1, 0.15) is 0 Å². The van der Waals surface area contributed by atoms with Crippen molar-refractivity contribution in [3.05, 3.63) is 0 Å². The third-order valence-electron chi connectivity index (χ3n) is 2.46. The number of nitrogens with zero attached hydrogens (tertiary/aromatic N) is 1. The highest BCUT2D eigenvalue weighted by Crippen LogP contribution is 2.16. The zero-order valence-electron chi connectivity index (χ0n) is 12.6. The van der Waals surface area contributed by atoms with Gasteiger partial charge in [-0.15, -0.1) is 0 Å². The molecule has 1 amide bonds. The molecule has 0 aliphatic rings. The number of nitrogens with one attached hydrogen (secondary N) is 1. The molecule has 17 heavy (non-hydrogen) atoms. The van der Waals surface area contributed by atoms with Crippen molar-refractivity contribution in [1.82, 2.24) is 10.2 Å². The van der Waals surface area contributed by atoms with E-state index >= 15 is 0 Å². The van der Waals surface area contributed by atoms with E-state index in [-0.39, 0.29) is 11.3 Å². The van der Waals surface area contributed by atoms with Crippen molar-refractivity contribution in [3.63, 3.8) is 0 Å². The van der Waals surface area contributed by atoms with E-state index in [1.807, 2.05) is 0 Å². The topological polar surface area (TPSA) is 32.3 Å². The van der Waals surface area contributed by atoms with Gasteiger partial charge in [0.15, 0.2) is 0 Å². The van der Waals surface area contributed by atoms with Gasteiger partial charge in [0.05, 0.1) is 6.54 Å². The zero-order chi connectivity index (χ0) is 13.6. The SMILES string of the molecule is CC(C)CNC(=O)CN(CC(C)(C)C)C(C)C. The molecule has 0 aromatic heterocycles. The standard InChI is InChI=1S/C14H30N2O/c1-11(2)8-15-13(17)9-16(12(3)4)10-14(5,6)7/h11-12H,8-10H2,1-7H3,(H,15,17). The Balaban J connectivity index is 4.21. The summed E-state index contributed by atoms with van der Waals surface area (Å²) in [6.45, 7) is 17.3. The van der Waals surface area contributed by atoms with Gasteiger partial charge < -0.3 is 5.32 Å². The molecule has 0 saturated carbocycles. The molecule has 0 atom stereocenters. The number of carbonyl (C=O) groups is 1. The molecule has 0 heterocycles. The predicted molar refractivity (Wildman–Crippen MR) is 74.0 cm³/mol. The molecule has 3 nitrogen and oxygen atoms in total. The maximum Gasteiger partial charge on any atom is 0.234 e. The van der Waals surface area contributed by atoms with Gasteiger partial charge in [-0.05, 0) is 25.2 Å². The van der Waals surface area contributed by atoms with Crippen molar-refractivity contribution in [3.8, 4) is 0 Å².